The minimum absolute atomic E-state index is 0.0375. The molecule has 7 heteroatoms. The quantitative estimate of drug-likeness (QED) is 0.447. The third kappa shape index (κ3) is 4.13. The molecular weight excluding hydrogens is 280 g/mol. The van der Waals surface area contributed by atoms with Gasteiger partial charge in [-0.25, -0.2) is 9.59 Å². The Bertz CT molecular complexity index is 589. The summed E-state index contributed by atoms with van der Waals surface area (Å²) >= 11 is 0. The topological polar surface area (TPSA) is 96.0 Å². The highest BCUT2D eigenvalue weighted by atomic mass is 16.5. The Kier molecular flexibility index (Phi) is 5.59. The van der Waals surface area contributed by atoms with Crippen LogP contribution in [0.3, 0.4) is 0 Å². The summed E-state index contributed by atoms with van der Waals surface area (Å²) in [5, 5.41) is 0. The van der Waals surface area contributed by atoms with Crippen molar-refractivity contribution in [2.75, 3.05) is 14.2 Å². The van der Waals surface area contributed by atoms with Crippen LogP contribution in [0.15, 0.2) is 18.2 Å². The van der Waals surface area contributed by atoms with Gasteiger partial charge in [0, 0.05) is 13.3 Å². The number of carbonyl (C=O) groups excluding carboxylic acids is 4. The van der Waals surface area contributed by atoms with Crippen molar-refractivity contribution < 1.29 is 33.4 Å². The Balaban J connectivity index is 3.24. The largest absolute Gasteiger partial charge is 0.465 e. The maximum atomic E-state index is 11.8. The fraction of sp³-hybridized carbons (Fsp3) is 0.286. The fourth-order valence-corrected chi connectivity index (χ4v) is 1.66. The van der Waals surface area contributed by atoms with Gasteiger partial charge in [-0.2, -0.15) is 0 Å². The van der Waals surface area contributed by atoms with Crippen molar-refractivity contribution >= 4 is 23.7 Å². The molecule has 0 aliphatic heterocycles. The Labute approximate surface area is 120 Å². The van der Waals surface area contributed by atoms with E-state index in [0.29, 0.717) is 0 Å². The van der Waals surface area contributed by atoms with E-state index in [2.05, 4.69) is 9.47 Å². The molecule has 0 unspecified atom stereocenters. The lowest BCUT2D eigenvalue weighted by Crippen LogP contribution is -2.20. The van der Waals surface area contributed by atoms with E-state index in [9.17, 15) is 19.2 Å². The minimum Gasteiger partial charge on any atom is -0.465 e. The molecule has 1 aromatic carbocycles. The van der Waals surface area contributed by atoms with E-state index >= 15 is 0 Å². The van der Waals surface area contributed by atoms with E-state index in [4.69, 9.17) is 4.74 Å². The SMILES string of the molecule is COC(=O)C(=O)Cc1cccc(OC(C)=O)c1C(=O)OC. The van der Waals surface area contributed by atoms with Crippen LogP contribution < -0.4 is 4.74 Å². The molecule has 0 saturated carbocycles. The molecule has 0 amide bonds. The zero-order chi connectivity index (χ0) is 16.0. The van der Waals surface area contributed by atoms with E-state index in [1.807, 2.05) is 0 Å². The van der Waals surface area contributed by atoms with E-state index in [1.54, 1.807) is 0 Å². The van der Waals surface area contributed by atoms with Gasteiger partial charge in [0.05, 0.1) is 14.2 Å². The van der Waals surface area contributed by atoms with E-state index < -0.39 is 23.7 Å². The number of hydrogen-bond acceptors (Lipinski definition) is 7. The summed E-state index contributed by atoms with van der Waals surface area (Å²) in [6.45, 7) is 1.17. The lowest BCUT2D eigenvalue weighted by molar-refractivity contribution is -0.151. The molecule has 0 spiro atoms. The standard InChI is InChI=1S/C14H14O7/c1-8(15)21-11-6-4-5-9(12(11)14(18)20-3)7-10(16)13(17)19-2/h4-6H,7H2,1-3H3. The minimum atomic E-state index is -1.02. The van der Waals surface area contributed by atoms with E-state index in [0.717, 1.165) is 14.2 Å². The average Bonchev–Trinajstić information content (AvgIpc) is 2.45. The molecule has 1 rings (SSSR count). The number of benzene rings is 1. The van der Waals surface area contributed by atoms with Crippen LogP contribution in [-0.2, 0) is 30.3 Å². The molecular formula is C14H14O7. The molecule has 0 N–H and O–H groups in total. The van der Waals surface area contributed by atoms with Crippen molar-refractivity contribution in [2.24, 2.45) is 0 Å². The first kappa shape index (κ1) is 16.4. The normalized spacial score (nSPS) is 9.67. The van der Waals surface area contributed by atoms with Gasteiger partial charge in [0.2, 0.25) is 5.78 Å². The number of Topliss-reactive ketones (excluding diaryl/α,β-unsaturated/α-hetero) is 1. The van der Waals surface area contributed by atoms with E-state index in [1.165, 1.54) is 25.1 Å². The Morgan fingerprint density at radius 1 is 1.05 bits per heavy atom. The van der Waals surface area contributed by atoms with Crippen molar-refractivity contribution in [1.82, 2.24) is 0 Å². The molecule has 0 aromatic heterocycles. The lowest BCUT2D eigenvalue weighted by Gasteiger charge is -2.11. The number of ether oxygens (including phenoxy) is 3. The number of carbonyl (C=O) groups is 4. The molecule has 0 aliphatic rings. The predicted molar refractivity (Wildman–Crippen MR) is 69.8 cm³/mol. The third-order valence-electron chi connectivity index (χ3n) is 2.52. The highest BCUT2D eigenvalue weighted by Gasteiger charge is 2.23. The van der Waals surface area contributed by atoms with Gasteiger partial charge in [-0.15, -0.1) is 0 Å². The summed E-state index contributed by atoms with van der Waals surface area (Å²) in [5.74, 6) is -3.30. The van der Waals surface area contributed by atoms with Crippen molar-refractivity contribution in [2.45, 2.75) is 13.3 Å². The van der Waals surface area contributed by atoms with Crippen LogP contribution in [0, 0.1) is 0 Å². The second-order valence-electron chi connectivity index (χ2n) is 3.97. The average molecular weight is 294 g/mol. The van der Waals surface area contributed by atoms with Gasteiger partial charge in [-0.1, -0.05) is 12.1 Å². The first-order valence-corrected chi connectivity index (χ1v) is 5.90. The number of rotatable bonds is 5. The second kappa shape index (κ2) is 7.18. The first-order valence-electron chi connectivity index (χ1n) is 5.90. The van der Waals surface area contributed by atoms with Crippen molar-refractivity contribution in [1.29, 1.82) is 0 Å². The summed E-state index contributed by atoms with van der Waals surface area (Å²) in [4.78, 5) is 45.6. The molecule has 0 fully saturated rings. The highest BCUT2D eigenvalue weighted by Crippen LogP contribution is 2.24. The summed E-state index contributed by atoms with van der Waals surface area (Å²) < 4.78 is 13.8. The van der Waals surface area contributed by atoms with Gasteiger partial charge < -0.3 is 14.2 Å². The molecule has 0 heterocycles. The zero-order valence-corrected chi connectivity index (χ0v) is 11.8. The summed E-state index contributed by atoms with van der Waals surface area (Å²) in [6, 6.07) is 4.34. The second-order valence-corrected chi connectivity index (χ2v) is 3.97. The van der Waals surface area contributed by atoms with Gasteiger partial charge in [0.1, 0.15) is 11.3 Å². The van der Waals surface area contributed by atoms with Gasteiger partial charge in [-0.3, -0.25) is 9.59 Å². The van der Waals surface area contributed by atoms with Crippen molar-refractivity contribution in [3.8, 4) is 5.75 Å². The van der Waals surface area contributed by atoms with E-state index in [-0.39, 0.29) is 23.3 Å². The van der Waals surface area contributed by atoms with Gasteiger partial charge >= 0.3 is 17.9 Å². The number of hydrogen-bond donors (Lipinski definition) is 0. The van der Waals surface area contributed by atoms with Crippen LogP contribution in [0.2, 0.25) is 0 Å². The molecule has 7 nitrogen and oxygen atoms in total. The van der Waals surface area contributed by atoms with Crippen molar-refractivity contribution in [3.63, 3.8) is 0 Å². The third-order valence-corrected chi connectivity index (χ3v) is 2.52. The number of esters is 3. The van der Waals surface area contributed by atoms with Crippen LogP contribution in [0.4, 0.5) is 0 Å². The van der Waals surface area contributed by atoms with Crippen LogP contribution in [0.25, 0.3) is 0 Å². The van der Waals surface area contributed by atoms with Gasteiger partial charge in [0.15, 0.2) is 0 Å². The monoisotopic (exact) mass is 294 g/mol. The van der Waals surface area contributed by atoms with Crippen LogP contribution in [0.1, 0.15) is 22.8 Å². The molecule has 0 atom stereocenters. The number of ketones is 1. The summed E-state index contributed by atoms with van der Waals surface area (Å²) in [6.07, 6.45) is -0.369. The molecule has 0 aliphatic carbocycles. The Morgan fingerprint density at radius 3 is 2.24 bits per heavy atom. The maximum Gasteiger partial charge on any atom is 0.374 e. The van der Waals surface area contributed by atoms with Crippen molar-refractivity contribution in [3.05, 3.63) is 29.3 Å². The van der Waals surface area contributed by atoms with Gasteiger partial charge in [-0.05, 0) is 11.6 Å². The zero-order valence-electron chi connectivity index (χ0n) is 11.8. The molecule has 0 bridgehead atoms. The predicted octanol–water partition coefficient (Wildman–Crippen LogP) is 0.683. The Morgan fingerprint density at radius 2 is 1.71 bits per heavy atom. The lowest BCUT2D eigenvalue weighted by atomic mass is 10.0. The molecule has 0 radical (unpaired) electrons. The van der Waals surface area contributed by atoms with Crippen LogP contribution in [0.5, 0.6) is 5.75 Å². The molecule has 112 valence electrons. The van der Waals surface area contributed by atoms with Crippen LogP contribution >= 0.6 is 0 Å². The van der Waals surface area contributed by atoms with Gasteiger partial charge in [0.25, 0.3) is 0 Å². The number of methoxy groups -OCH3 is 2. The maximum absolute atomic E-state index is 11.8. The molecule has 1 aromatic rings. The summed E-state index contributed by atoms with van der Waals surface area (Å²) in [7, 11) is 2.23. The first-order chi connectivity index (χ1) is 9.90. The summed E-state index contributed by atoms with van der Waals surface area (Å²) in [5.41, 5.74) is 0.128. The molecule has 21 heavy (non-hydrogen) atoms. The highest BCUT2D eigenvalue weighted by molar-refractivity contribution is 6.34. The smallest absolute Gasteiger partial charge is 0.374 e. The van der Waals surface area contributed by atoms with Crippen LogP contribution in [-0.4, -0.2) is 37.9 Å². The fourth-order valence-electron chi connectivity index (χ4n) is 1.66. The molecule has 0 saturated heterocycles. The Hall–Kier alpha value is -2.70.